The van der Waals surface area contributed by atoms with Crippen molar-refractivity contribution in [2.75, 3.05) is 12.8 Å². The van der Waals surface area contributed by atoms with Crippen molar-refractivity contribution in [1.82, 2.24) is 5.32 Å². The van der Waals surface area contributed by atoms with Gasteiger partial charge in [0, 0.05) is 17.8 Å². The quantitative estimate of drug-likeness (QED) is 0.829. The molecule has 0 unspecified atom stereocenters. The summed E-state index contributed by atoms with van der Waals surface area (Å²) >= 11 is 1.83. The summed E-state index contributed by atoms with van der Waals surface area (Å²) in [5, 5.41) is 3.33. The number of halogens is 1. The predicted octanol–water partition coefficient (Wildman–Crippen LogP) is 3.06. The van der Waals surface area contributed by atoms with E-state index in [9.17, 15) is 4.39 Å². The maximum atomic E-state index is 12.9. The van der Waals surface area contributed by atoms with Gasteiger partial charge in [0.15, 0.2) is 0 Å². The van der Waals surface area contributed by atoms with Gasteiger partial charge in [-0.3, -0.25) is 0 Å². The van der Waals surface area contributed by atoms with Crippen molar-refractivity contribution in [3.8, 4) is 0 Å². The third kappa shape index (κ3) is 4.67. The SMILES string of the molecule is CSC(C)(C)CNCc1cccc(F)c1. The molecule has 1 N–H and O–H groups in total. The highest BCUT2D eigenvalue weighted by molar-refractivity contribution is 7.99. The molecule has 0 spiro atoms. The Kier molecular flexibility index (Phi) is 4.61. The maximum absolute atomic E-state index is 12.9. The molecule has 0 aliphatic heterocycles. The van der Waals surface area contributed by atoms with Crippen LogP contribution in [0.1, 0.15) is 19.4 Å². The van der Waals surface area contributed by atoms with Gasteiger partial charge in [-0.25, -0.2) is 4.39 Å². The highest BCUT2D eigenvalue weighted by Gasteiger charge is 2.14. The van der Waals surface area contributed by atoms with E-state index in [1.54, 1.807) is 12.1 Å². The van der Waals surface area contributed by atoms with E-state index < -0.39 is 0 Å². The Morgan fingerprint density at radius 1 is 1.40 bits per heavy atom. The van der Waals surface area contributed by atoms with Gasteiger partial charge in [-0.15, -0.1) is 0 Å². The molecule has 1 nitrogen and oxygen atoms in total. The van der Waals surface area contributed by atoms with Gasteiger partial charge in [-0.1, -0.05) is 12.1 Å². The summed E-state index contributed by atoms with van der Waals surface area (Å²) in [5.41, 5.74) is 0.993. The minimum absolute atomic E-state index is 0.168. The van der Waals surface area contributed by atoms with Crippen molar-refractivity contribution < 1.29 is 4.39 Å². The van der Waals surface area contributed by atoms with Crippen molar-refractivity contribution in [1.29, 1.82) is 0 Å². The molecule has 3 heteroatoms. The minimum Gasteiger partial charge on any atom is -0.311 e. The average molecular weight is 227 g/mol. The van der Waals surface area contributed by atoms with Crippen molar-refractivity contribution in [3.63, 3.8) is 0 Å². The molecule has 0 amide bonds. The van der Waals surface area contributed by atoms with Crippen molar-refractivity contribution in [2.45, 2.75) is 25.1 Å². The lowest BCUT2D eigenvalue weighted by atomic mass is 10.2. The molecule has 0 radical (unpaired) electrons. The van der Waals surface area contributed by atoms with E-state index in [1.165, 1.54) is 6.07 Å². The van der Waals surface area contributed by atoms with Crippen molar-refractivity contribution in [3.05, 3.63) is 35.6 Å². The standard InChI is InChI=1S/C12H18FNS/c1-12(2,15-3)9-14-8-10-5-4-6-11(13)7-10/h4-7,14H,8-9H2,1-3H3. The number of nitrogens with one attached hydrogen (secondary N) is 1. The number of rotatable bonds is 5. The summed E-state index contributed by atoms with van der Waals surface area (Å²) in [5.74, 6) is -0.168. The number of hydrogen-bond acceptors (Lipinski definition) is 2. The number of benzene rings is 1. The molecule has 0 heterocycles. The van der Waals surface area contributed by atoms with Crippen LogP contribution in [0.5, 0.6) is 0 Å². The van der Waals surface area contributed by atoms with E-state index in [0.717, 1.165) is 18.7 Å². The summed E-state index contributed by atoms with van der Waals surface area (Å²) in [4.78, 5) is 0. The van der Waals surface area contributed by atoms with Gasteiger partial charge in [-0.05, 0) is 37.8 Å². The second kappa shape index (κ2) is 5.52. The van der Waals surface area contributed by atoms with Crippen LogP contribution in [0.15, 0.2) is 24.3 Å². The molecule has 0 aliphatic rings. The number of hydrogen-bond donors (Lipinski definition) is 1. The van der Waals surface area contributed by atoms with E-state index in [4.69, 9.17) is 0 Å². The molecule has 0 aromatic heterocycles. The molecule has 1 rings (SSSR count). The normalized spacial score (nSPS) is 11.7. The highest BCUT2D eigenvalue weighted by Crippen LogP contribution is 2.19. The molecule has 0 saturated heterocycles. The Morgan fingerprint density at radius 2 is 2.13 bits per heavy atom. The van der Waals surface area contributed by atoms with E-state index in [0.29, 0.717) is 0 Å². The third-order valence-corrected chi connectivity index (χ3v) is 3.57. The Morgan fingerprint density at radius 3 is 2.73 bits per heavy atom. The van der Waals surface area contributed by atoms with Gasteiger partial charge in [0.1, 0.15) is 5.82 Å². The molecule has 0 aliphatic carbocycles. The summed E-state index contributed by atoms with van der Waals surface area (Å²) in [6.07, 6.45) is 2.10. The van der Waals surface area contributed by atoms with Crippen molar-refractivity contribution in [2.24, 2.45) is 0 Å². The van der Waals surface area contributed by atoms with Crippen molar-refractivity contribution >= 4 is 11.8 Å². The lowest BCUT2D eigenvalue weighted by Gasteiger charge is -2.22. The van der Waals surface area contributed by atoms with Gasteiger partial charge < -0.3 is 5.32 Å². The first-order valence-corrected chi connectivity index (χ1v) is 6.26. The van der Waals surface area contributed by atoms with Gasteiger partial charge in [0.2, 0.25) is 0 Å². The molecule has 15 heavy (non-hydrogen) atoms. The third-order valence-electron chi connectivity index (χ3n) is 2.32. The fraction of sp³-hybridized carbons (Fsp3) is 0.500. The fourth-order valence-corrected chi connectivity index (χ4v) is 1.47. The highest BCUT2D eigenvalue weighted by atomic mass is 32.2. The van der Waals surface area contributed by atoms with E-state index in [-0.39, 0.29) is 10.6 Å². The van der Waals surface area contributed by atoms with Gasteiger partial charge in [-0.2, -0.15) is 11.8 Å². The molecule has 1 aromatic carbocycles. The summed E-state index contributed by atoms with van der Waals surface area (Å²) < 4.78 is 13.1. The zero-order valence-corrected chi connectivity index (χ0v) is 10.3. The van der Waals surface area contributed by atoms with Gasteiger partial charge in [0.25, 0.3) is 0 Å². The Hall–Kier alpha value is -0.540. The van der Waals surface area contributed by atoms with Gasteiger partial charge >= 0.3 is 0 Å². The smallest absolute Gasteiger partial charge is 0.123 e. The van der Waals surface area contributed by atoms with E-state index >= 15 is 0 Å². The van der Waals surface area contributed by atoms with Crippen LogP contribution in [0, 0.1) is 5.82 Å². The van der Waals surface area contributed by atoms with Crippen LogP contribution >= 0.6 is 11.8 Å². The molecule has 0 bridgehead atoms. The molecule has 0 saturated carbocycles. The predicted molar refractivity (Wildman–Crippen MR) is 65.7 cm³/mol. The topological polar surface area (TPSA) is 12.0 Å². The lowest BCUT2D eigenvalue weighted by Crippen LogP contribution is -2.31. The molecule has 0 atom stereocenters. The van der Waals surface area contributed by atoms with E-state index in [2.05, 4.69) is 25.4 Å². The van der Waals surface area contributed by atoms with Crippen LogP contribution in [0.25, 0.3) is 0 Å². The van der Waals surface area contributed by atoms with Crippen LogP contribution in [0.2, 0.25) is 0 Å². The number of thioether (sulfide) groups is 1. The van der Waals surface area contributed by atoms with E-state index in [1.807, 2.05) is 17.8 Å². The van der Waals surface area contributed by atoms with Gasteiger partial charge in [0.05, 0.1) is 0 Å². The Labute approximate surface area is 95.5 Å². The van der Waals surface area contributed by atoms with Crippen LogP contribution < -0.4 is 5.32 Å². The minimum atomic E-state index is -0.168. The zero-order valence-electron chi connectivity index (χ0n) is 9.51. The largest absolute Gasteiger partial charge is 0.311 e. The Bertz CT molecular complexity index is 312. The first-order chi connectivity index (χ1) is 7.03. The van der Waals surface area contributed by atoms with Crippen LogP contribution in [-0.2, 0) is 6.54 Å². The Balaban J connectivity index is 2.38. The second-order valence-corrected chi connectivity index (χ2v) is 5.71. The maximum Gasteiger partial charge on any atom is 0.123 e. The first-order valence-electron chi connectivity index (χ1n) is 5.04. The monoisotopic (exact) mass is 227 g/mol. The summed E-state index contributed by atoms with van der Waals surface area (Å²) in [6.45, 7) is 6.03. The first kappa shape index (κ1) is 12.5. The molecular weight excluding hydrogens is 209 g/mol. The summed E-state index contributed by atoms with van der Waals surface area (Å²) in [6, 6.07) is 6.71. The molecule has 1 aromatic rings. The average Bonchev–Trinajstić information content (AvgIpc) is 2.18. The van der Waals surface area contributed by atoms with Crippen LogP contribution in [-0.4, -0.2) is 17.5 Å². The second-order valence-electron chi connectivity index (χ2n) is 4.20. The molecular formula is C12H18FNS. The van der Waals surface area contributed by atoms with Crippen LogP contribution in [0.4, 0.5) is 4.39 Å². The van der Waals surface area contributed by atoms with Crippen LogP contribution in [0.3, 0.4) is 0 Å². The lowest BCUT2D eigenvalue weighted by molar-refractivity contribution is 0.585. The zero-order chi connectivity index (χ0) is 11.3. The summed E-state index contributed by atoms with van der Waals surface area (Å²) in [7, 11) is 0. The molecule has 84 valence electrons. The fourth-order valence-electron chi connectivity index (χ4n) is 1.23. The molecule has 0 fully saturated rings.